The lowest BCUT2D eigenvalue weighted by molar-refractivity contribution is 0.0168. The maximum Gasteiger partial charge on any atom is 0.190 e. The highest BCUT2D eigenvalue weighted by Crippen LogP contribution is 2.20. The molecule has 0 aliphatic carbocycles. The minimum atomic E-state index is 0.314. The number of aliphatic imine (C=N–C) groups is 1. The van der Waals surface area contributed by atoms with E-state index in [4.69, 9.17) is 9.47 Å². The lowest BCUT2D eigenvalue weighted by Crippen LogP contribution is -2.38. The molecule has 0 amide bonds. The second kappa shape index (κ2) is 12.5. The molecule has 0 aromatic carbocycles. The van der Waals surface area contributed by atoms with Crippen molar-refractivity contribution >= 4 is 29.1 Å². The van der Waals surface area contributed by atoms with E-state index in [2.05, 4.69) is 20.6 Å². The van der Waals surface area contributed by atoms with E-state index in [1.165, 1.54) is 6.42 Å². The number of rotatable bonds is 11. The van der Waals surface area contributed by atoms with E-state index in [-0.39, 0.29) is 0 Å². The molecule has 0 saturated carbocycles. The average molecular weight is 373 g/mol. The van der Waals surface area contributed by atoms with Gasteiger partial charge in [-0.3, -0.25) is 4.99 Å². The van der Waals surface area contributed by atoms with Gasteiger partial charge in [0, 0.05) is 50.7 Å². The van der Waals surface area contributed by atoms with Gasteiger partial charge in [0.25, 0.3) is 0 Å². The Balaban J connectivity index is 1.40. The Kier molecular flexibility index (Phi) is 10.2. The molecule has 1 unspecified atom stereocenters. The van der Waals surface area contributed by atoms with Gasteiger partial charge in [-0.1, -0.05) is 11.8 Å². The molecule has 1 aliphatic rings. The summed E-state index contributed by atoms with van der Waals surface area (Å²) in [5, 5.41) is 8.66. The third kappa shape index (κ3) is 8.32. The Morgan fingerprint density at radius 3 is 3.04 bits per heavy atom. The molecule has 24 heavy (non-hydrogen) atoms. The summed E-state index contributed by atoms with van der Waals surface area (Å²) in [6.45, 7) is 4.14. The van der Waals surface area contributed by atoms with Gasteiger partial charge in [0.05, 0.1) is 12.7 Å². The molecule has 1 fully saturated rings. The van der Waals surface area contributed by atoms with Gasteiger partial charge in [0.15, 0.2) is 5.96 Å². The Morgan fingerprint density at radius 2 is 2.33 bits per heavy atom. The first-order valence-electron chi connectivity index (χ1n) is 8.54. The summed E-state index contributed by atoms with van der Waals surface area (Å²) >= 11 is 3.50. The Hall–Kier alpha value is -0.830. The summed E-state index contributed by atoms with van der Waals surface area (Å²) in [6, 6.07) is 0. The number of guanidine groups is 1. The third-order valence-electron chi connectivity index (χ3n) is 3.56. The van der Waals surface area contributed by atoms with Crippen LogP contribution >= 0.6 is 23.1 Å². The standard InChI is InChI=1S/C16H28N4O2S2/c1-17-15(19-7-4-11-23-16-20-8-12-24-16)18-6-3-9-21-13-14-5-2-10-22-14/h8,12,14H,2-7,9-11,13H2,1H3,(H2,17,18,19). The van der Waals surface area contributed by atoms with E-state index >= 15 is 0 Å². The summed E-state index contributed by atoms with van der Waals surface area (Å²) in [5.74, 6) is 1.92. The number of aromatic nitrogens is 1. The lowest BCUT2D eigenvalue weighted by Gasteiger charge is -2.12. The van der Waals surface area contributed by atoms with E-state index in [1.54, 1.807) is 30.1 Å². The second-order valence-corrected chi connectivity index (χ2v) is 7.73. The highest BCUT2D eigenvalue weighted by atomic mass is 32.2. The van der Waals surface area contributed by atoms with E-state index in [0.29, 0.717) is 6.10 Å². The predicted molar refractivity (Wildman–Crippen MR) is 101 cm³/mol. The van der Waals surface area contributed by atoms with Crippen LogP contribution in [-0.4, -0.2) is 62.8 Å². The van der Waals surface area contributed by atoms with Crippen LogP contribution in [0.15, 0.2) is 20.9 Å². The Morgan fingerprint density at radius 1 is 1.46 bits per heavy atom. The molecule has 1 atom stereocenters. The highest BCUT2D eigenvalue weighted by molar-refractivity contribution is 8.00. The first-order valence-corrected chi connectivity index (χ1v) is 10.4. The number of thioether (sulfide) groups is 1. The van der Waals surface area contributed by atoms with Crippen molar-refractivity contribution in [3.05, 3.63) is 11.6 Å². The van der Waals surface area contributed by atoms with Gasteiger partial charge in [-0.05, 0) is 25.7 Å². The molecule has 8 heteroatoms. The zero-order valence-electron chi connectivity index (χ0n) is 14.3. The van der Waals surface area contributed by atoms with Crippen molar-refractivity contribution in [2.24, 2.45) is 4.99 Å². The number of hydrogen-bond donors (Lipinski definition) is 2. The van der Waals surface area contributed by atoms with Crippen molar-refractivity contribution in [3.63, 3.8) is 0 Å². The van der Waals surface area contributed by atoms with Crippen molar-refractivity contribution in [2.75, 3.05) is 45.7 Å². The van der Waals surface area contributed by atoms with E-state index in [0.717, 1.165) is 68.2 Å². The van der Waals surface area contributed by atoms with Crippen molar-refractivity contribution in [1.29, 1.82) is 0 Å². The van der Waals surface area contributed by atoms with E-state index < -0.39 is 0 Å². The zero-order valence-corrected chi connectivity index (χ0v) is 16.0. The molecule has 1 saturated heterocycles. The van der Waals surface area contributed by atoms with E-state index in [9.17, 15) is 0 Å². The van der Waals surface area contributed by atoms with Gasteiger partial charge in [0.1, 0.15) is 4.34 Å². The van der Waals surface area contributed by atoms with Gasteiger partial charge in [-0.2, -0.15) is 0 Å². The quantitative estimate of drug-likeness (QED) is 0.269. The van der Waals surface area contributed by atoms with E-state index in [1.807, 2.05) is 11.6 Å². The first kappa shape index (κ1) is 19.5. The molecule has 2 heterocycles. The fraction of sp³-hybridized carbons (Fsp3) is 0.750. The fourth-order valence-electron chi connectivity index (χ4n) is 2.31. The molecule has 1 aromatic rings. The molecule has 6 nitrogen and oxygen atoms in total. The molecule has 136 valence electrons. The summed E-state index contributed by atoms with van der Waals surface area (Å²) in [7, 11) is 1.80. The van der Waals surface area contributed by atoms with Crippen LogP contribution in [0.2, 0.25) is 0 Å². The van der Waals surface area contributed by atoms with Crippen LogP contribution in [-0.2, 0) is 9.47 Å². The van der Waals surface area contributed by atoms with Gasteiger partial charge in [-0.15, -0.1) is 11.3 Å². The van der Waals surface area contributed by atoms with Crippen molar-refractivity contribution < 1.29 is 9.47 Å². The maximum absolute atomic E-state index is 5.65. The number of ether oxygens (including phenoxy) is 2. The van der Waals surface area contributed by atoms with Crippen molar-refractivity contribution in [1.82, 2.24) is 15.6 Å². The maximum atomic E-state index is 5.65. The van der Waals surface area contributed by atoms with Gasteiger partial charge in [-0.25, -0.2) is 4.98 Å². The van der Waals surface area contributed by atoms with Gasteiger partial charge in [0.2, 0.25) is 0 Å². The summed E-state index contributed by atoms with van der Waals surface area (Å²) in [4.78, 5) is 8.49. The molecule has 0 radical (unpaired) electrons. The minimum absolute atomic E-state index is 0.314. The first-order chi connectivity index (χ1) is 11.9. The van der Waals surface area contributed by atoms with Crippen LogP contribution in [0.3, 0.4) is 0 Å². The third-order valence-corrected chi connectivity index (χ3v) is 5.61. The fourth-order valence-corrected chi connectivity index (χ4v) is 3.96. The van der Waals surface area contributed by atoms with Crippen LogP contribution in [0.5, 0.6) is 0 Å². The molecular weight excluding hydrogens is 344 g/mol. The number of nitrogens with zero attached hydrogens (tertiary/aromatic N) is 2. The van der Waals surface area contributed by atoms with Crippen molar-refractivity contribution in [3.8, 4) is 0 Å². The SMILES string of the molecule is CN=C(NCCCOCC1CCCO1)NCCCSc1nccs1. The Labute approximate surface area is 152 Å². The Bertz CT molecular complexity index is 451. The molecular formula is C16H28N4O2S2. The van der Waals surface area contributed by atoms with Gasteiger partial charge < -0.3 is 20.1 Å². The van der Waals surface area contributed by atoms with Crippen LogP contribution in [0.1, 0.15) is 25.7 Å². The normalized spacial score (nSPS) is 18.0. The van der Waals surface area contributed by atoms with Crippen LogP contribution < -0.4 is 10.6 Å². The monoisotopic (exact) mass is 372 g/mol. The molecule has 0 spiro atoms. The van der Waals surface area contributed by atoms with Crippen LogP contribution in [0, 0.1) is 0 Å². The van der Waals surface area contributed by atoms with Gasteiger partial charge >= 0.3 is 0 Å². The van der Waals surface area contributed by atoms with Crippen LogP contribution in [0.25, 0.3) is 0 Å². The summed E-state index contributed by atoms with van der Waals surface area (Å²) in [6.07, 6.45) is 6.51. The highest BCUT2D eigenvalue weighted by Gasteiger charge is 2.14. The topological polar surface area (TPSA) is 67.8 Å². The smallest absolute Gasteiger partial charge is 0.190 e. The van der Waals surface area contributed by atoms with Crippen LogP contribution in [0.4, 0.5) is 0 Å². The second-order valence-electron chi connectivity index (χ2n) is 5.49. The van der Waals surface area contributed by atoms with Crippen molar-refractivity contribution in [2.45, 2.75) is 36.1 Å². The number of thiazole rings is 1. The zero-order chi connectivity index (χ0) is 16.9. The lowest BCUT2D eigenvalue weighted by atomic mass is 10.2. The molecule has 2 N–H and O–H groups in total. The number of hydrogen-bond acceptors (Lipinski definition) is 6. The largest absolute Gasteiger partial charge is 0.379 e. The molecule has 2 rings (SSSR count). The number of nitrogens with one attached hydrogen (secondary N) is 2. The summed E-state index contributed by atoms with van der Waals surface area (Å²) < 4.78 is 12.3. The predicted octanol–water partition coefficient (Wildman–Crippen LogP) is 2.38. The minimum Gasteiger partial charge on any atom is -0.379 e. The average Bonchev–Trinajstić information content (AvgIpc) is 3.29. The molecule has 1 aliphatic heterocycles. The summed E-state index contributed by atoms with van der Waals surface area (Å²) in [5.41, 5.74) is 0. The molecule has 0 bridgehead atoms. The molecule has 1 aromatic heterocycles.